The summed E-state index contributed by atoms with van der Waals surface area (Å²) in [7, 11) is 5.34. The normalized spacial score (nSPS) is 11.6. The first kappa shape index (κ1) is 17.1. The van der Waals surface area contributed by atoms with Crippen LogP contribution in [0.25, 0.3) is 27.4 Å². The summed E-state index contributed by atoms with van der Waals surface area (Å²) in [6.07, 6.45) is 1.63. The number of thiophene rings is 1. The molecule has 0 saturated heterocycles. The molecule has 0 aliphatic heterocycles. The van der Waals surface area contributed by atoms with Gasteiger partial charge in [-0.3, -0.25) is 9.48 Å². The van der Waals surface area contributed by atoms with E-state index in [9.17, 15) is 4.79 Å². The standard InChI is InChI=1S/C16H16BrN7OS/c1-7-9-14-19-13(11-10(17)8(2)20-23(11)5)21-24(14)6-18-15(9)26-12(7)16(25)22(3)4/h6H,1-5H3. The van der Waals surface area contributed by atoms with E-state index in [0.717, 1.165) is 31.6 Å². The highest BCUT2D eigenvalue weighted by Crippen LogP contribution is 2.34. The molecule has 10 heteroatoms. The molecule has 0 atom stereocenters. The average Bonchev–Trinajstić information content (AvgIpc) is 3.21. The lowest BCUT2D eigenvalue weighted by molar-refractivity contribution is 0.0831. The zero-order valence-corrected chi connectivity index (χ0v) is 17.3. The number of hydrogen-bond donors (Lipinski definition) is 0. The molecular weight excluding hydrogens is 418 g/mol. The highest BCUT2D eigenvalue weighted by molar-refractivity contribution is 9.10. The second-order valence-corrected chi connectivity index (χ2v) is 8.05. The van der Waals surface area contributed by atoms with Gasteiger partial charge in [-0.25, -0.2) is 14.5 Å². The van der Waals surface area contributed by atoms with E-state index in [2.05, 4.69) is 31.1 Å². The molecule has 1 amide bonds. The maximum absolute atomic E-state index is 12.4. The third-order valence-electron chi connectivity index (χ3n) is 4.23. The number of aryl methyl sites for hydroxylation is 3. The van der Waals surface area contributed by atoms with Gasteiger partial charge in [-0.05, 0) is 35.3 Å². The Bertz CT molecular complexity index is 1190. The van der Waals surface area contributed by atoms with E-state index >= 15 is 0 Å². The number of nitrogens with zero attached hydrogens (tertiary/aromatic N) is 7. The topological polar surface area (TPSA) is 81.2 Å². The van der Waals surface area contributed by atoms with Crippen molar-refractivity contribution >= 4 is 49.0 Å². The highest BCUT2D eigenvalue weighted by Gasteiger charge is 2.23. The number of rotatable bonds is 2. The van der Waals surface area contributed by atoms with E-state index in [-0.39, 0.29) is 5.91 Å². The van der Waals surface area contributed by atoms with E-state index in [1.807, 2.05) is 20.9 Å². The Morgan fingerprint density at radius 1 is 1.27 bits per heavy atom. The average molecular weight is 434 g/mol. The minimum absolute atomic E-state index is 0.0339. The molecule has 134 valence electrons. The van der Waals surface area contributed by atoms with E-state index < -0.39 is 0 Å². The first-order valence-electron chi connectivity index (χ1n) is 7.85. The van der Waals surface area contributed by atoms with Crippen LogP contribution in [-0.2, 0) is 7.05 Å². The van der Waals surface area contributed by atoms with Crippen molar-refractivity contribution in [1.82, 2.24) is 34.3 Å². The van der Waals surface area contributed by atoms with Crippen LogP contribution in [0.15, 0.2) is 10.8 Å². The predicted octanol–water partition coefficient (Wildman–Crippen LogP) is 2.82. The zero-order valence-electron chi connectivity index (χ0n) is 14.9. The van der Waals surface area contributed by atoms with Crippen LogP contribution < -0.4 is 0 Å². The quantitative estimate of drug-likeness (QED) is 0.485. The predicted molar refractivity (Wildman–Crippen MR) is 104 cm³/mol. The monoisotopic (exact) mass is 433 g/mol. The van der Waals surface area contributed by atoms with E-state index in [4.69, 9.17) is 4.98 Å². The smallest absolute Gasteiger partial charge is 0.263 e. The van der Waals surface area contributed by atoms with Crippen molar-refractivity contribution in [2.24, 2.45) is 7.05 Å². The fourth-order valence-corrected chi connectivity index (χ4v) is 4.59. The van der Waals surface area contributed by atoms with Crippen molar-refractivity contribution in [2.75, 3.05) is 14.1 Å². The molecule has 0 unspecified atom stereocenters. The summed E-state index contributed by atoms with van der Waals surface area (Å²) >= 11 is 4.94. The molecular formula is C16H16BrN7OS. The number of carbonyl (C=O) groups is 1. The van der Waals surface area contributed by atoms with Crippen molar-refractivity contribution in [3.8, 4) is 11.5 Å². The third-order valence-corrected chi connectivity index (χ3v) is 6.37. The Hall–Kier alpha value is -2.33. The molecule has 8 nitrogen and oxygen atoms in total. The van der Waals surface area contributed by atoms with Crippen LogP contribution in [0.1, 0.15) is 20.9 Å². The van der Waals surface area contributed by atoms with Gasteiger partial charge >= 0.3 is 0 Å². The lowest BCUT2D eigenvalue weighted by atomic mass is 10.2. The van der Waals surface area contributed by atoms with Crippen molar-refractivity contribution in [1.29, 1.82) is 0 Å². The molecule has 0 N–H and O–H groups in total. The number of fused-ring (bicyclic) bond motifs is 3. The molecule has 0 aliphatic carbocycles. The Morgan fingerprint density at radius 2 is 2.00 bits per heavy atom. The molecule has 0 spiro atoms. The van der Waals surface area contributed by atoms with Gasteiger partial charge in [0.25, 0.3) is 5.91 Å². The summed E-state index contributed by atoms with van der Waals surface area (Å²) in [6.45, 7) is 3.85. The molecule has 4 aromatic heterocycles. The minimum atomic E-state index is -0.0339. The Labute approximate surface area is 161 Å². The molecule has 4 heterocycles. The van der Waals surface area contributed by atoms with Gasteiger partial charge in [0.2, 0.25) is 5.82 Å². The summed E-state index contributed by atoms with van der Waals surface area (Å²) in [5, 5.41) is 9.82. The highest BCUT2D eigenvalue weighted by atomic mass is 79.9. The molecule has 26 heavy (non-hydrogen) atoms. The fourth-order valence-electron chi connectivity index (χ4n) is 2.92. The SMILES string of the molecule is Cc1nn(C)c(-c2nc3c4c(C)c(C(=O)N(C)C)sc4ncn3n2)c1Br. The molecule has 0 aliphatic rings. The summed E-state index contributed by atoms with van der Waals surface area (Å²) in [4.78, 5) is 24.6. The lowest BCUT2D eigenvalue weighted by Gasteiger charge is -2.08. The second kappa shape index (κ2) is 5.85. The maximum Gasteiger partial charge on any atom is 0.263 e. The number of halogens is 1. The molecule has 0 radical (unpaired) electrons. The van der Waals surface area contributed by atoms with Gasteiger partial charge in [-0.15, -0.1) is 16.4 Å². The summed E-state index contributed by atoms with van der Waals surface area (Å²) < 4.78 is 4.27. The van der Waals surface area contributed by atoms with Crippen molar-refractivity contribution in [3.05, 3.63) is 26.9 Å². The maximum atomic E-state index is 12.4. The second-order valence-electron chi connectivity index (χ2n) is 6.26. The van der Waals surface area contributed by atoms with Crippen molar-refractivity contribution < 1.29 is 4.79 Å². The summed E-state index contributed by atoms with van der Waals surface area (Å²) in [6, 6.07) is 0. The Balaban J connectivity index is 1.99. The van der Waals surface area contributed by atoms with Crippen LogP contribution in [0.5, 0.6) is 0 Å². The fraction of sp³-hybridized carbons (Fsp3) is 0.312. The Morgan fingerprint density at radius 3 is 2.62 bits per heavy atom. The third kappa shape index (κ3) is 2.36. The number of hydrogen-bond acceptors (Lipinski definition) is 6. The summed E-state index contributed by atoms with van der Waals surface area (Å²) in [5.74, 6) is 0.522. The lowest BCUT2D eigenvalue weighted by Crippen LogP contribution is -2.21. The van der Waals surface area contributed by atoms with E-state index in [1.54, 1.807) is 34.5 Å². The van der Waals surface area contributed by atoms with E-state index in [0.29, 0.717) is 16.3 Å². The van der Waals surface area contributed by atoms with Gasteiger partial charge in [-0.1, -0.05) is 0 Å². The Kier molecular flexibility index (Phi) is 3.85. The van der Waals surface area contributed by atoms with Crippen molar-refractivity contribution in [2.45, 2.75) is 13.8 Å². The van der Waals surface area contributed by atoms with Crippen molar-refractivity contribution in [3.63, 3.8) is 0 Å². The van der Waals surface area contributed by atoms with E-state index in [1.165, 1.54) is 11.3 Å². The van der Waals surface area contributed by atoms with Gasteiger partial charge in [0, 0.05) is 21.1 Å². The van der Waals surface area contributed by atoms with Crippen LogP contribution in [0.3, 0.4) is 0 Å². The van der Waals surface area contributed by atoms with Gasteiger partial charge < -0.3 is 4.90 Å². The molecule has 4 aromatic rings. The molecule has 0 aromatic carbocycles. The van der Waals surface area contributed by atoms with Crippen LogP contribution in [0.2, 0.25) is 0 Å². The van der Waals surface area contributed by atoms with Crippen LogP contribution in [0.4, 0.5) is 0 Å². The van der Waals surface area contributed by atoms with Gasteiger partial charge in [0.05, 0.1) is 20.4 Å². The molecule has 4 rings (SSSR count). The number of amides is 1. The number of carbonyl (C=O) groups excluding carboxylic acids is 1. The molecule has 0 bridgehead atoms. The van der Waals surface area contributed by atoms with Crippen LogP contribution in [0, 0.1) is 13.8 Å². The van der Waals surface area contributed by atoms with Gasteiger partial charge in [0.15, 0.2) is 5.65 Å². The number of aromatic nitrogens is 6. The van der Waals surface area contributed by atoms with Gasteiger partial charge in [-0.2, -0.15) is 5.10 Å². The minimum Gasteiger partial charge on any atom is -0.344 e. The van der Waals surface area contributed by atoms with Gasteiger partial charge in [0.1, 0.15) is 16.9 Å². The molecule has 0 saturated carbocycles. The van der Waals surface area contributed by atoms with Crippen LogP contribution >= 0.6 is 27.3 Å². The largest absolute Gasteiger partial charge is 0.344 e. The first-order valence-corrected chi connectivity index (χ1v) is 9.46. The molecule has 0 fully saturated rings. The zero-order chi connectivity index (χ0) is 18.7. The summed E-state index contributed by atoms with van der Waals surface area (Å²) in [5.41, 5.74) is 3.23. The first-order chi connectivity index (χ1) is 12.3. The van der Waals surface area contributed by atoms with Crippen LogP contribution in [-0.4, -0.2) is 54.3 Å².